The van der Waals surface area contributed by atoms with E-state index in [0.29, 0.717) is 18.7 Å². The lowest BCUT2D eigenvalue weighted by Crippen LogP contribution is -2.17. The first-order valence-corrected chi connectivity index (χ1v) is 11.7. The van der Waals surface area contributed by atoms with Crippen molar-refractivity contribution in [3.63, 3.8) is 0 Å². The van der Waals surface area contributed by atoms with Crippen molar-refractivity contribution in [3.8, 4) is 17.2 Å². The molecule has 7 nitrogen and oxygen atoms in total. The molecular formula is C23H29N3O4S. The second kappa shape index (κ2) is 9.98. The summed E-state index contributed by atoms with van der Waals surface area (Å²) >= 11 is 0. The molecule has 0 aliphatic carbocycles. The summed E-state index contributed by atoms with van der Waals surface area (Å²) < 4.78 is 38.0. The van der Waals surface area contributed by atoms with Crippen LogP contribution in [0.2, 0.25) is 0 Å². The number of nitrogens with one attached hydrogen (secondary N) is 1. The summed E-state index contributed by atoms with van der Waals surface area (Å²) in [6.07, 6.45) is 0.829. The number of anilines is 1. The average molecular weight is 444 g/mol. The van der Waals surface area contributed by atoms with Crippen molar-refractivity contribution in [2.75, 3.05) is 39.1 Å². The van der Waals surface area contributed by atoms with Gasteiger partial charge in [0.25, 0.3) is 0 Å². The molecule has 0 saturated carbocycles. The molecule has 0 aliphatic rings. The number of rotatable bonds is 10. The van der Waals surface area contributed by atoms with E-state index in [0.717, 1.165) is 24.3 Å². The summed E-state index contributed by atoms with van der Waals surface area (Å²) in [7, 11) is 0.137. The van der Waals surface area contributed by atoms with E-state index in [1.54, 1.807) is 48.5 Å². The monoisotopic (exact) mass is 443 g/mol. The van der Waals surface area contributed by atoms with Gasteiger partial charge in [0.2, 0.25) is 26.6 Å². The maximum absolute atomic E-state index is 13.3. The molecule has 2 aromatic carbocycles. The fraction of sp³-hybridized carbons (Fsp3) is 0.348. The Bertz CT molecular complexity index is 1090. The minimum Gasteiger partial charge on any atom is -0.494 e. The Kier molecular flexibility index (Phi) is 7.35. The minimum absolute atomic E-state index is 0.106. The summed E-state index contributed by atoms with van der Waals surface area (Å²) in [6, 6.07) is 13.9. The third-order valence-corrected chi connectivity index (χ3v) is 6.34. The van der Waals surface area contributed by atoms with E-state index < -0.39 is 9.84 Å². The smallest absolute Gasteiger partial charge is 0.233 e. The summed E-state index contributed by atoms with van der Waals surface area (Å²) in [5.41, 5.74) is 1.65. The van der Waals surface area contributed by atoms with Gasteiger partial charge in [0, 0.05) is 12.1 Å². The third kappa shape index (κ3) is 5.65. The van der Waals surface area contributed by atoms with Crippen molar-refractivity contribution in [1.82, 2.24) is 9.88 Å². The van der Waals surface area contributed by atoms with Crippen LogP contribution in [0.25, 0.3) is 11.5 Å². The minimum atomic E-state index is -3.85. The molecule has 0 atom stereocenters. The summed E-state index contributed by atoms with van der Waals surface area (Å²) in [6.45, 7) is 5.82. The third-order valence-electron chi connectivity index (χ3n) is 4.66. The highest BCUT2D eigenvalue weighted by Crippen LogP contribution is 2.33. The van der Waals surface area contributed by atoms with E-state index in [1.165, 1.54) is 0 Å². The van der Waals surface area contributed by atoms with Crippen LogP contribution in [0.15, 0.2) is 62.9 Å². The van der Waals surface area contributed by atoms with Crippen LogP contribution < -0.4 is 10.1 Å². The average Bonchev–Trinajstić information content (AvgIpc) is 3.17. The molecule has 0 saturated heterocycles. The number of benzene rings is 2. The Balaban J connectivity index is 1.96. The zero-order valence-corrected chi connectivity index (χ0v) is 19.2. The second-order valence-electron chi connectivity index (χ2n) is 7.51. The highest BCUT2D eigenvalue weighted by molar-refractivity contribution is 7.91. The molecule has 3 aromatic rings. The number of nitrogens with zero attached hydrogens (tertiary/aromatic N) is 2. The van der Waals surface area contributed by atoms with Crippen LogP contribution in [-0.4, -0.2) is 52.1 Å². The molecule has 1 aromatic heterocycles. The van der Waals surface area contributed by atoms with Crippen LogP contribution in [0.3, 0.4) is 0 Å². The molecule has 0 unspecified atom stereocenters. The standard InChI is InChI=1S/C23H29N3O4S/c1-5-29-19-11-9-18(10-12-19)21-25-23(22(30-21)24-15-6-16-26(3)4)31(27,28)20-13-7-17(2)8-14-20/h7-14,24H,5-6,15-16H2,1-4H3. The predicted molar refractivity (Wildman–Crippen MR) is 121 cm³/mol. The molecule has 0 bridgehead atoms. The van der Waals surface area contributed by atoms with Crippen LogP contribution in [0.1, 0.15) is 18.9 Å². The quantitative estimate of drug-likeness (QED) is 0.469. The van der Waals surface area contributed by atoms with Gasteiger partial charge in [-0.25, -0.2) is 8.42 Å². The lowest BCUT2D eigenvalue weighted by Gasteiger charge is -2.10. The second-order valence-corrected chi connectivity index (χ2v) is 9.38. The maximum Gasteiger partial charge on any atom is 0.233 e. The van der Waals surface area contributed by atoms with Gasteiger partial charge in [-0.15, -0.1) is 0 Å². The van der Waals surface area contributed by atoms with Gasteiger partial charge in [-0.3, -0.25) is 0 Å². The van der Waals surface area contributed by atoms with E-state index in [2.05, 4.69) is 15.2 Å². The molecule has 0 spiro atoms. The molecule has 1 N–H and O–H groups in total. The van der Waals surface area contributed by atoms with Crippen LogP contribution in [-0.2, 0) is 9.84 Å². The Morgan fingerprint density at radius 3 is 2.35 bits per heavy atom. The lowest BCUT2D eigenvalue weighted by molar-refractivity contribution is 0.340. The molecule has 1 heterocycles. The largest absolute Gasteiger partial charge is 0.494 e. The molecule has 31 heavy (non-hydrogen) atoms. The van der Waals surface area contributed by atoms with Crippen LogP contribution in [0.4, 0.5) is 5.88 Å². The molecule has 8 heteroatoms. The Hall–Kier alpha value is -2.84. The first-order chi connectivity index (χ1) is 14.8. The van der Waals surface area contributed by atoms with Gasteiger partial charge in [0.1, 0.15) is 5.75 Å². The van der Waals surface area contributed by atoms with Gasteiger partial charge >= 0.3 is 0 Å². The number of sulfone groups is 1. The first kappa shape index (κ1) is 22.8. The van der Waals surface area contributed by atoms with Crippen molar-refractivity contribution in [3.05, 3.63) is 54.1 Å². The summed E-state index contributed by atoms with van der Waals surface area (Å²) in [5, 5.41) is 3.01. The fourth-order valence-corrected chi connectivity index (χ4v) is 4.29. The summed E-state index contributed by atoms with van der Waals surface area (Å²) in [4.78, 5) is 6.62. The molecule has 3 rings (SSSR count). The van der Waals surface area contributed by atoms with Crippen molar-refractivity contribution >= 4 is 15.7 Å². The first-order valence-electron chi connectivity index (χ1n) is 10.3. The zero-order chi connectivity index (χ0) is 22.4. The summed E-state index contributed by atoms with van der Waals surface area (Å²) in [5.74, 6) is 1.12. The maximum atomic E-state index is 13.3. The molecule has 166 valence electrons. The number of aryl methyl sites for hydroxylation is 1. The van der Waals surface area contributed by atoms with Gasteiger partial charge in [-0.1, -0.05) is 17.7 Å². The zero-order valence-electron chi connectivity index (χ0n) is 18.4. The predicted octanol–water partition coefficient (Wildman–Crippen LogP) is 4.25. The van der Waals surface area contributed by atoms with E-state index in [4.69, 9.17) is 9.15 Å². The van der Waals surface area contributed by atoms with Crippen LogP contribution in [0.5, 0.6) is 5.75 Å². The van der Waals surface area contributed by atoms with Crippen molar-refractivity contribution in [2.45, 2.75) is 30.2 Å². The Morgan fingerprint density at radius 2 is 1.74 bits per heavy atom. The molecular weight excluding hydrogens is 414 g/mol. The number of hydrogen-bond donors (Lipinski definition) is 1. The van der Waals surface area contributed by atoms with Gasteiger partial charge in [0.15, 0.2) is 0 Å². The molecule has 0 fully saturated rings. The van der Waals surface area contributed by atoms with Gasteiger partial charge in [-0.05, 0) is 77.3 Å². The normalized spacial score (nSPS) is 11.6. The van der Waals surface area contributed by atoms with E-state index in [1.807, 2.05) is 27.9 Å². The van der Waals surface area contributed by atoms with E-state index in [9.17, 15) is 8.42 Å². The number of oxazole rings is 1. The van der Waals surface area contributed by atoms with E-state index >= 15 is 0 Å². The van der Waals surface area contributed by atoms with Crippen molar-refractivity contribution in [1.29, 1.82) is 0 Å². The van der Waals surface area contributed by atoms with Crippen molar-refractivity contribution in [2.24, 2.45) is 0 Å². The van der Waals surface area contributed by atoms with Crippen LogP contribution >= 0.6 is 0 Å². The molecule has 0 aliphatic heterocycles. The van der Waals surface area contributed by atoms with Gasteiger partial charge in [0.05, 0.1) is 11.5 Å². The fourth-order valence-electron chi connectivity index (χ4n) is 3.01. The van der Waals surface area contributed by atoms with E-state index in [-0.39, 0.29) is 21.7 Å². The van der Waals surface area contributed by atoms with Gasteiger partial charge < -0.3 is 19.4 Å². The number of ether oxygens (including phenoxy) is 1. The van der Waals surface area contributed by atoms with Crippen molar-refractivity contribution < 1.29 is 17.6 Å². The molecule has 0 radical (unpaired) electrons. The highest BCUT2D eigenvalue weighted by Gasteiger charge is 2.28. The number of aromatic nitrogens is 1. The lowest BCUT2D eigenvalue weighted by atomic mass is 10.2. The SMILES string of the molecule is CCOc1ccc(-c2nc(S(=O)(=O)c3ccc(C)cc3)c(NCCCN(C)C)o2)cc1. The molecule has 0 amide bonds. The van der Waals surface area contributed by atoms with Gasteiger partial charge in [-0.2, -0.15) is 4.98 Å². The van der Waals surface area contributed by atoms with Crippen LogP contribution in [0, 0.1) is 6.92 Å². The topological polar surface area (TPSA) is 84.7 Å². The Labute approximate surface area is 184 Å². The highest BCUT2D eigenvalue weighted by atomic mass is 32.2. The Morgan fingerprint density at radius 1 is 1.06 bits per heavy atom. The number of hydrogen-bond acceptors (Lipinski definition) is 7.